The van der Waals surface area contributed by atoms with Gasteiger partial charge in [-0.25, -0.2) is 0 Å². The lowest BCUT2D eigenvalue weighted by Gasteiger charge is -2.09. The van der Waals surface area contributed by atoms with Crippen LogP contribution >= 0.6 is 11.8 Å². The van der Waals surface area contributed by atoms with Crippen LogP contribution in [0.4, 0.5) is 0 Å². The van der Waals surface area contributed by atoms with E-state index in [0.717, 1.165) is 5.75 Å². The molecule has 0 radical (unpaired) electrons. The molecule has 48 valence electrons. The van der Waals surface area contributed by atoms with Crippen LogP contribution in [-0.2, 0) is 0 Å². The Morgan fingerprint density at radius 2 is 2.50 bits per heavy atom. The maximum atomic E-state index is 9.04. The third kappa shape index (κ3) is 1.39. The molecule has 1 saturated heterocycles. The normalized spacial score (nSPS) is 33.0. The second kappa shape index (κ2) is 2.74. The topological polar surface area (TPSA) is 20.2 Å². The quantitative estimate of drug-likeness (QED) is 0.577. The van der Waals surface area contributed by atoms with Gasteiger partial charge in [0.1, 0.15) is 0 Å². The molecule has 1 aliphatic heterocycles. The maximum Gasteiger partial charge on any atom is 0.0548 e. The van der Waals surface area contributed by atoms with Gasteiger partial charge < -0.3 is 5.11 Å². The first-order valence-corrected chi connectivity index (χ1v) is 4.22. The minimum atomic E-state index is -0.0787. The highest BCUT2D eigenvalue weighted by molar-refractivity contribution is 7.99. The zero-order valence-electron chi connectivity index (χ0n) is 5.13. The van der Waals surface area contributed by atoms with Crippen molar-refractivity contribution in [2.45, 2.75) is 19.4 Å². The third-order valence-corrected chi connectivity index (χ3v) is 2.84. The highest BCUT2D eigenvalue weighted by Crippen LogP contribution is 2.25. The molecule has 1 nitrogen and oxygen atoms in total. The summed E-state index contributed by atoms with van der Waals surface area (Å²) in [6.45, 7) is 1.89. The van der Waals surface area contributed by atoms with Gasteiger partial charge in [0.25, 0.3) is 0 Å². The molecule has 1 aliphatic rings. The number of hydrogen-bond acceptors (Lipinski definition) is 2. The average molecular weight is 132 g/mol. The van der Waals surface area contributed by atoms with Crippen LogP contribution in [0.5, 0.6) is 0 Å². The summed E-state index contributed by atoms with van der Waals surface area (Å²) in [5.41, 5.74) is 0. The third-order valence-electron chi connectivity index (χ3n) is 1.65. The smallest absolute Gasteiger partial charge is 0.0548 e. The van der Waals surface area contributed by atoms with Gasteiger partial charge >= 0.3 is 0 Å². The molecular weight excluding hydrogens is 120 g/mol. The molecule has 1 heterocycles. The van der Waals surface area contributed by atoms with E-state index in [1.54, 1.807) is 0 Å². The van der Waals surface area contributed by atoms with E-state index in [2.05, 4.69) is 0 Å². The molecule has 8 heavy (non-hydrogen) atoms. The Kier molecular flexibility index (Phi) is 2.20. The molecule has 0 aromatic heterocycles. The first kappa shape index (κ1) is 6.43. The molecule has 1 rings (SSSR count). The number of aliphatic hydroxyl groups excluding tert-OH is 1. The molecule has 0 aromatic rings. The van der Waals surface area contributed by atoms with Crippen molar-refractivity contribution in [3.8, 4) is 0 Å². The number of thioether (sulfide) groups is 1. The Labute approximate surface area is 54.5 Å². The van der Waals surface area contributed by atoms with E-state index < -0.39 is 0 Å². The van der Waals surface area contributed by atoms with Crippen LogP contribution in [-0.4, -0.2) is 22.7 Å². The molecule has 0 amide bonds. The molecule has 0 spiro atoms. The van der Waals surface area contributed by atoms with E-state index in [1.165, 1.54) is 12.2 Å². The van der Waals surface area contributed by atoms with Gasteiger partial charge in [0.2, 0.25) is 0 Å². The van der Waals surface area contributed by atoms with Gasteiger partial charge in [-0.05, 0) is 30.8 Å². The van der Waals surface area contributed by atoms with Gasteiger partial charge in [0, 0.05) is 0 Å². The Bertz CT molecular complexity index is 66.9. The predicted molar refractivity (Wildman–Crippen MR) is 37.1 cm³/mol. The lowest BCUT2D eigenvalue weighted by Crippen LogP contribution is -2.14. The molecule has 1 N–H and O–H groups in total. The summed E-state index contributed by atoms with van der Waals surface area (Å²) in [7, 11) is 0. The largest absolute Gasteiger partial charge is 0.393 e. The molecule has 0 bridgehead atoms. The second-order valence-corrected chi connectivity index (χ2v) is 3.51. The van der Waals surface area contributed by atoms with E-state index in [1.807, 2.05) is 18.7 Å². The lowest BCUT2D eigenvalue weighted by molar-refractivity contribution is 0.139. The SMILES string of the molecule is C[C@H](O)C1CCSC1. The Morgan fingerprint density at radius 1 is 1.75 bits per heavy atom. The van der Waals surface area contributed by atoms with Crippen molar-refractivity contribution in [1.82, 2.24) is 0 Å². The minimum Gasteiger partial charge on any atom is -0.393 e. The molecule has 0 saturated carbocycles. The Morgan fingerprint density at radius 3 is 2.75 bits per heavy atom. The summed E-state index contributed by atoms with van der Waals surface area (Å²) in [5, 5.41) is 9.04. The highest BCUT2D eigenvalue weighted by Gasteiger charge is 2.19. The molecule has 1 fully saturated rings. The molecule has 1 unspecified atom stereocenters. The van der Waals surface area contributed by atoms with E-state index in [0.29, 0.717) is 5.92 Å². The second-order valence-electron chi connectivity index (χ2n) is 2.36. The number of hydrogen-bond donors (Lipinski definition) is 1. The summed E-state index contributed by atoms with van der Waals surface area (Å²) < 4.78 is 0. The fourth-order valence-electron chi connectivity index (χ4n) is 0.933. The van der Waals surface area contributed by atoms with Crippen LogP contribution in [0.2, 0.25) is 0 Å². The van der Waals surface area contributed by atoms with E-state index >= 15 is 0 Å². The predicted octanol–water partition coefficient (Wildman–Crippen LogP) is 1.12. The van der Waals surface area contributed by atoms with Gasteiger partial charge in [-0.2, -0.15) is 11.8 Å². The van der Waals surface area contributed by atoms with Crippen molar-refractivity contribution in [2.24, 2.45) is 5.92 Å². The molecule has 2 atom stereocenters. The zero-order valence-corrected chi connectivity index (χ0v) is 5.95. The van der Waals surface area contributed by atoms with E-state index in [-0.39, 0.29) is 6.10 Å². The highest BCUT2D eigenvalue weighted by atomic mass is 32.2. The fraction of sp³-hybridized carbons (Fsp3) is 1.00. The van der Waals surface area contributed by atoms with Gasteiger partial charge in [-0.3, -0.25) is 0 Å². The van der Waals surface area contributed by atoms with Crippen LogP contribution in [0.3, 0.4) is 0 Å². The van der Waals surface area contributed by atoms with Crippen LogP contribution < -0.4 is 0 Å². The van der Waals surface area contributed by atoms with Crippen molar-refractivity contribution < 1.29 is 5.11 Å². The summed E-state index contributed by atoms with van der Waals surface area (Å²) in [6, 6.07) is 0. The van der Waals surface area contributed by atoms with Gasteiger partial charge in [0.05, 0.1) is 6.10 Å². The summed E-state index contributed by atoms with van der Waals surface area (Å²) in [5.74, 6) is 2.99. The number of rotatable bonds is 1. The maximum absolute atomic E-state index is 9.04. The molecule has 2 heteroatoms. The first-order chi connectivity index (χ1) is 3.80. The van der Waals surface area contributed by atoms with Gasteiger partial charge in [-0.15, -0.1) is 0 Å². The standard InChI is InChI=1S/C6H12OS/c1-5(7)6-2-3-8-4-6/h5-7H,2-4H2,1H3/t5-,6?/m0/s1. The van der Waals surface area contributed by atoms with Crippen LogP contribution in [0, 0.1) is 5.92 Å². The monoisotopic (exact) mass is 132 g/mol. The van der Waals surface area contributed by atoms with Crippen molar-refractivity contribution in [1.29, 1.82) is 0 Å². The van der Waals surface area contributed by atoms with E-state index in [9.17, 15) is 0 Å². The van der Waals surface area contributed by atoms with Crippen LogP contribution in [0.15, 0.2) is 0 Å². The lowest BCUT2D eigenvalue weighted by atomic mass is 10.0. The van der Waals surface area contributed by atoms with Gasteiger partial charge in [-0.1, -0.05) is 0 Å². The van der Waals surface area contributed by atoms with Crippen molar-refractivity contribution in [2.75, 3.05) is 11.5 Å². The van der Waals surface area contributed by atoms with E-state index in [4.69, 9.17) is 5.11 Å². The average Bonchev–Trinajstić information content (AvgIpc) is 2.12. The zero-order chi connectivity index (χ0) is 5.98. The first-order valence-electron chi connectivity index (χ1n) is 3.06. The Balaban J connectivity index is 2.24. The van der Waals surface area contributed by atoms with Crippen molar-refractivity contribution in [3.05, 3.63) is 0 Å². The van der Waals surface area contributed by atoms with Crippen molar-refractivity contribution >= 4 is 11.8 Å². The summed E-state index contributed by atoms with van der Waals surface area (Å²) in [6.07, 6.45) is 1.13. The number of aliphatic hydroxyl groups is 1. The molecule has 0 aliphatic carbocycles. The summed E-state index contributed by atoms with van der Waals surface area (Å²) >= 11 is 1.95. The van der Waals surface area contributed by atoms with Crippen LogP contribution in [0.25, 0.3) is 0 Å². The van der Waals surface area contributed by atoms with Gasteiger partial charge in [0.15, 0.2) is 0 Å². The molecule has 0 aromatic carbocycles. The summed E-state index contributed by atoms with van der Waals surface area (Å²) in [4.78, 5) is 0. The van der Waals surface area contributed by atoms with Crippen molar-refractivity contribution in [3.63, 3.8) is 0 Å². The fourth-order valence-corrected chi connectivity index (χ4v) is 2.32. The van der Waals surface area contributed by atoms with Crippen LogP contribution in [0.1, 0.15) is 13.3 Å². The molecular formula is C6H12OS. The Hall–Kier alpha value is 0.310. The minimum absolute atomic E-state index is 0.0787.